The molecule has 0 aliphatic rings. The van der Waals surface area contributed by atoms with Gasteiger partial charge in [0.25, 0.3) is 5.91 Å². The van der Waals surface area contributed by atoms with Gasteiger partial charge in [0.1, 0.15) is 5.75 Å². The lowest BCUT2D eigenvalue weighted by atomic mass is 10.1. The van der Waals surface area contributed by atoms with Crippen molar-refractivity contribution >= 4 is 33.2 Å². The maximum absolute atomic E-state index is 12.4. The van der Waals surface area contributed by atoms with E-state index in [0.717, 1.165) is 23.1 Å². The van der Waals surface area contributed by atoms with E-state index < -0.39 is 10.0 Å². The lowest BCUT2D eigenvalue weighted by molar-refractivity contribution is 0.0954. The Bertz CT molecular complexity index is 1160. The summed E-state index contributed by atoms with van der Waals surface area (Å²) in [5.41, 5.74) is 2.85. The third kappa shape index (κ3) is 6.48. The SMILES string of the molecule is COc1ccc(CCNC(=O)c2ccc(CN(c3cccc(Cl)c3)S(C)(=O)=O)cc2)cc1. The van der Waals surface area contributed by atoms with E-state index in [9.17, 15) is 13.2 Å². The minimum absolute atomic E-state index is 0.137. The fourth-order valence-electron chi connectivity index (χ4n) is 3.17. The molecule has 8 heteroatoms. The summed E-state index contributed by atoms with van der Waals surface area (Å²) in [6.45, 7) is 0.641. The van der Waals surface area contributed by atoms with Crippen LogP contribution in [0.1, 0.15) is 21.5 Å². The van der Waals surface area contributed by atoms with Crippen molar-refractivity contribution in [2.45, 2.75) is 13.0 Å². The van der Waals surface area contributed by atoms with Gasteiger partial charge in [-0.05, 0) is 60.0 Å². The molecule has 32 heavy (non-hydrogen) atoms. The van der Waals surface area contributed by atoms with Crippen LogP contribution < -0.4 is 14.4 Å². The number of carbonyl (C=O) groups is 1. The van der Waals surface area contributed by atoms with Crippen molar-refractivity contribution in [3.8, 4) is 5.75 Å². The Balaban J connectivity index is 1.61. The summed E-state index contributed by atoms with van der Waals surface area (Å²) >= 11 is 6.02. The second-order valence-electron chi connectivity index (χ2n) is 7.30. The first kappa shape index (κ1) is 23.6. The van der Waals surface area contributed by atoms with Crippen molar-refractivity contribution < 1.29 is 17.9 Å². The highest BCUT2D eigenvalue weighted by molar-refractivity contribution is 7.92. The molecule has 6 nitrogen and oxygen atoms in total. The van der Waals surface area contributed by atoms with Crippen LogP contribution in [-0.2, 0) is 23.0 Å². The number of rotatable bonds is 9. The highest BCUT2D eigenvalue weighted by atomic mass is 35.5. The molecule has 0 aromatic heterocycles. The van der Waals surface area contributed by atoms with Gasteiger partial charge in [-0.2, -0.15) is 0 Å². The summed E-state index contributed by atoms with van der Waals surface area (Å²) < 4.78 is 31.0. The molecule has 1 N–H and O–H groups in total. The fourth-order valence-corrected chi connectivity index (χ4v) is 4.24. The summed E-state index contributed by atoms with van der Waals surface area (Å²) in [5, 5.41) is 3.36. The Morgan fingerprint density at radius 3 is 2.25 bits per heavy atom. The Labute approximate surface area is 193 Å². The third-order valence-corrected chi connectivity index (χ3v) is 6.27. The molecule has 0 radical (unpaired) electrons. The molecule has 3 aromatic rings. The topological polar surface area (TPSA) is 75.7 Å². The number of sulfonamides is 1. The molecule has 0 spiro atoms. The van der Waals surface area contributed by atoms with Gasteiger partial charge in [-0.1, -0.05) is 41.9 Å². The zero-order valence-corrected chi connectivity index (χ0v) is 19.5. The zero-order chi connectivity index (χ0) is 23.1. The molecule has 0 fully saturated rings. The van der Waals surface area contributed by atoms with E-state index in [2.05, 4.69) is 5.32 Å². The van der Waals surface area contributed by atoms with Crippen molar-refractivity contribution in [3.05, 3.63) is 94.5 Å². The highest BCUT2D eigenvalue weighted by Gasteiger charge is 2.18. The quantitative estimate of drug-likeness (QED) is 0.504. The molecule has 0 bridgehead atoms. The lowest BCUT2D eigenvalue weighted by Gasteiger charge is -2.22. The Morgan fingerprint density at radius 1 is 1.00 bits per heavy atom. The van der Waals surface area contributed by atoms with Crippen molar-refractivity contribution in [2.75, 3.05) is 24.2 Å². The van der Waals surface area contributed by atoms with Gasteiger partial charge in [-0.25, -0.2) is 8.42 Å². The van der Waals surface area contributed by atoms with Gasteiger partial charge in [-0.3, -0.25) is 9.10 Å². The first-order valence-corrected chi connectivity index (χ1v) is 12.2. The van der Waals surface area contributed by atoms with Crippen LogP contribution in [0, 0.1) is 0 Å². The average molecular weight is 473 g/mol. The van der Waals surface area contributed by atoms with E-state index in [1.807, 2.05) is 24.3 Å². The molecule has 0 aliphatic heterocycles. The number of nitrogens with one attached hydrogen (secondary N) is 1. The average Bonchev–Trinajstić information content (AvgIpc) is 2.77. The molecule has 3 rings (SSSR count). The van der Waals surface area contributed by atoms with Gasteiger partial charge >= 0.3 is 0 Å². The van der Waals surface area contributed by atoms with E-state index in [-0.39, 0.29) is 12.5 Å². The maximum Gasteiger partial charge on any atom is 0.251 e. The van der Waals surface area contributed by atoms with Crippen LogP contribution >= 0.6 is 11.6 Å². The normalized spacial score (nSPS) is 11.1. The van der Waals surface area contributed by atoms with E-state index in [1.165, 1.54) is 4.31 Å². The van der Waals surface area contributed by atoms with Crippen LogP contribution in [0.4, 0.5) is 5.69 Å². The van der Waals surface area contributed by atoms with Crippen molar-refractivity contribution in [1.82, 2.24) is 5.32 Å². The Kier molecular flexibility index (Phi) is 7.77. The van der Waals surface area contributed by atoms with Crippen LogP contribution in [0.3, 0.4) is 0 Å². The largest absolute Gasteiger partial charge is 0.497 e. The summed E-state index contributed by atoms with van der Waals surface area (Å²) in [7, 11) is -1.89. The Hall–Kier alpha value is -3.03. The molecular formula is C24H25ClN2O4S. The maximum atomic E-state index is 12.4. The molecule has 3 aromatic carbocycles. The molecule has 0 unspecified atom stereocenters. The zero-order valence-electron chi connectivity index (χ0n) is 17.9. The molecular weight excluding hydrogens is 448 g/mol. The van der Waals surface area contributed by atoms with Crippen molar-refractivity contribution in [3.63, 3.8) is 0 Å². The third-order valence-electron chi connectivity index (χ3n) is 4.90. The van der Waals surface area contributed by atoms with E-state index in [0.29, 0.717) is 29.2 Å². The molecule has 0 saturated heterocycles. The van der Waals surface area contributed by atoms with Gasteiger partial charge in [-0.15, -0.1) is 0 Å². The molecule has 0 heterocycles. The second-order valence-corrected chi connectivity index (χ2v) is 9.64. The lowest BCUT2D eigenvalue weighted by Crippen LogP contribution is -2.29. The number of benzene rings is 3. The summed E-state index contributed by atoms with van der Waals surface area (Å²) in [6.07, 6.45) is 1.86. The monoisotopic (exact) mass is 472 g/mol. The van der Waals surface area contributed by atoms with E-state index in [4.69, 9.17) is 16.3 Å². The first-order chi connectivity index (χ1) is 15.3. The number of hydrogen-bond donors (Lipinski definition) is 1. The predicted molar refractivity (Wildman–Crippen MR) is 128 cm³/mol. The highest BCUT2D eigenvalue weighted by Crippen LogP contribution is 2.24. The summed E-state index contributed by atoms with van der Waals surface area (Å²) in [6, 6.07) is 21.3. The van der Waals surface area contributed by atoms with Crippen LogP contribution in [0.5, 0.6) is 5.75 Å². The van der Waals surface area contributed by atoms with Crippen LogP contribution in [0.2, 0.25) is 5.02 Å². The Morgan fingerprint density at radius 2 is 1.66 bits per heavy atom. The van der Waals surface area contributed by atoms with Gasteiger partial charge in [0.2, 0.25) is 10.0 Å². The van der Waals surface area contributed by atoms with E-state index >= 15 is 0 Å². The van der Waals surface area contributed by atoms with Crippen LogP contribution in [0.15, 0.2) is 72.8 Å². The van der Waals surface area contributed by atoms with E-state index in [1.54, 1.807) is 55.6 Å². The summed E-state index contributed by atoms with van der Waals surface area (Å²) in [4.78, 5) is 12.4. The minimum atomic E-state index is -3.51. The van der Waals surface area contributed by atoms with Gasteiger partial charge < -0.3 is 10.1 Å². The minimum Gasteiger partial charge on any atom is -0.497 e. The molecule has 0 saturated carbocycles. The van der Waals surface area contributed by atoms with Gasteiger partial charge in [0, 0.05) is 17.1 Å². The number of anilines is 1. The standard InChI is InChI=1S/C24H25ClN2O4S/c1-31-23-12-8-18(9-13-23)14-15-26-24(28)20-10-6-19(7-11-20)17-27(32(2,29)30)22-5-3-4-21(25)16-22/h3-13,16H,14-15,17H2,1-2H3,(H,26,28). The number of amides is 1. The van der Waals surface area contributed by atoms with Gasteiger partial charge in [0.15, 0.2) is 0 Å². The number of nitrogens with zero attached hydrogens (tertiary/aromatic N) is 1. The van der Waals surface area contributed by atoms with Crippen LogP contribution in [-0.4, -0.2) is 34.2 Å². The van der Waals surface area contributed by atoms with Crippen molar-refractivity contribution in [1.29, 1.82) is 0 Å². The second kappa shape index (κ2) is 10.5. The predicted octanol–water partition coefficient (Wildman–Crippen LogP) is 4.29. The smallest absolute Gasteiger partial charge is 0.251 e. The number of methoxy groups -OCH3 is 1. The molecule has 1 amide bonds. The van der Waals surface area contributed by atoms with Gasteiger partial charge in [0.05, 0.1) is 25.6 Å². The first-order valence-electron chi connectivity index (χ1n) is 9.99. The number of carbonyl (C=O) groups excluding carboxylic acids is 1. The van der Waals surface area contributed by atoms with Crippen molar-refractivity contribution in [2.24, 2.45) is 0 Å². The fraction of sp³-hybridized carbons (Fsp3) is 0.208. The summed E-state index contributed by atoms with van der Waals surface area (Å²) in [5.74, 6) is 0.613. The number of ether oxygens (including phenoxy) is 1. The number of halogens is 1. The van der Waals surface area contributed by atoms with Crippen LogP contribution in [0.25, 0.3) is 0 Å². The molecule has 0 aliphatic carbocycles. The molecule has 168 valence electrons. The molecule has 0 atom stereocenters. The number of hydrogen-bond acceptors (Lipinski definition) is 4.